The molecule has 0 aliphatic carbocycles. The maximum absolute atomic E-state index is 11.3. The van der Waals surface area contributed by atoms with Crippen molar-refractivity contribution in [3.63, 3.8) is 0 Å². The van der Waals surface area contributed by atoms with Crippen LogP contribution in [-0.2, 0) is 4.79 Å². The van der Waals surface area contributed by atoms with Gasteiger partial charge in [-0.05, 0) is 17.7 Å². The van der Waals surface area contributed by atoms with Gasteiger partial charge in [0.2, 0.25) is 5.91 Å². The molecule has 1 N–H and O–H groups in total. The molecule has 16 heavy (non-hydrogen) atoms. The first kappa shape index (κ1) is 10.6. The number of benzene rings is 1. The van der Waals surface area contributed by atoms with Crippen LogP contribution >= 0.6 is 0 Å². The van der Waals surface area contributed by atoms with Crippen LogP contribution in [0.1, 0.15) is 11.7 Å². The molecule has 1 aliphatic heterocycles. The Kier molecular flexibility index (Phi) is 2.57. The lowest BCUT2D eigenvalue weighted by Crippen LogP contribution is -2.25. The molecule has 1 aromatic rings. The second kappa shape index (κ2) is 3.90. The zero-order valence-electron chi connectivity index (χ0n) is 8.71. The predicted octanol–water partition coefficient (Wildman–Crippen LogP) is 0.655. The Morgan fingerprint density at radius 1 is 1.44 bits per heavy atom. The van der Waals surface area contributed by atoms with Crippen molar-refractivity contribution >= 4 is 11.6 Å². The summed E-state index contributed by atoms with van der Waals surface area (Å²) in [7, 11) is 1.70. The molecule has 0 bridgehead atoms. The minimum absolute atomic E-state index is 0.0170. The first-order valence-electron chi connectivity index (χ1n) is 4.83. The smallest absolute Gasteiger partial charge is 0.269 e. The van der Waals surface area contributed by atoms with Crippen LogP contribution in [0.5, 0.6) is 0 Å². The number of nitrogens with one attached hydrogen (secondary N) is 1. The Labute approximate surface area is 92.0 Å². The normalized spacial score (nSPS) is 20.2. The highest BCUT2D eigenvalue weighted by atomic mass is 16.6. The molecule has 1 aliphatic rings. The summed E-state index contributed by atoms with van der Waals surface area (Å²) in [5.74, 6) is 0.0170. The van der Waals surface area contributed by atoms with E-state index in [2.05, 4.69) is 5.32 Å². The van der Waals surface area contributed by atoms with E-state index < -0.39 is 4.92 Å². The van der Waals surface area contributed by atoms with E-state index in [1.807, 2.05) is 0 Å². The number of nitro benzene ring substituents is 1. The van der Waals surface area contributed by atoms with Gasteiger partial charge in [0.15, 0.2) is 0 Å². The molecule has 1 unspecified atom stereocenters. The van der Waals surface area contributed by atoms with Crippen LogP contribution < -0.4 is 5.32 Å². The quantitative estimate of drug-likeness (QED) is 0.587. The first-order chi connectivity index (χ1) is 7.59. The van der Waals surface area contributed by atoms with E-state index in [4.69, 9.17) is 0 Å². The molecular weight excluding hydrogens is 210 g/mol. The summed E-state index contributed by atoms with van der Waals surface area (Å²) in [4.78, 5) is 22.9. The Bertz CT molecular complexity index is 429. The van der Waals surface area contributed by atoms with Gasteiger partial charge in [0, 0.05) is 19.2 Å². The van der Waals surface area contributed by atoms with Crippen molar-refractivity contribution in [3.05, 3.63) is 39.9 Å². The highest BCUT2D eigenvalue weighted by Gasteiger charge is 2.28. The topological polar surface area (TPSA) is 75.5 Å². The fraction of sp³-hybridized carbons (Fsp3) is 0.300. The molecule has 1 atom stereocenters. The van der Waals surface area contributed by atoms with Gasteiger partial charge in [-0.3, -0.25) is 20.2 Å². The highest BCUT2D eigenvalue weighted by Crippen LogP contribution is 2.22. The van der Waals surface area contributed by atoms with Crippen LogP contribution in [-0.4, -0.2) is 29.3 Å². The van der Waals surface area contributed by atoms with Crippen LogP contribution in [0, 0.1) is 10.1 Å². The maximum Gasteiger partial charge on any atom is 0.269 e. The summed E-state index contributed by atoms with van der Waals surface area (Å²) >= 11 is 0. The van der Waals surface area contributed by atoms with Crippen LogP contribution in [0.4, 0.5) is 5.69 Å². The van der Waals surface area contributed by atoms with Gasteiger partial charge in [-0.2, -0.15) is 0 Å². The van der Waals surface area contributed by atoms with Crippen molar-refractivity contribution in [1.82, 2.24) is 10.2 Å². The lowest BCUT2D eigenvalue weighted by Gasteiger charge is -2.19. The SMILES string of the molecule is CN1C(=O)CNC1c1ccc([N+](=O)[O-])cc1. The third-order valence-electron chi connectivity index (χ3n) is 2.65. The summed E-state index contributed by atoms with van der Waals surface area (Å²) in [5, 5.41) is 13.5. The second-order valence-corrected chi connectivity index (χ2v) is 3.64. The van der Waals surface area contributed by atoms with E-state index in [9.17, 15) is 14.9 Å². The summed E-state index contributed by atoms with van der Waals surface area (Å²) in [5.41, 5.74) is 0.898. The number of rotatable bonds is 2. The second-order valence-electron chi connectivity index (χ2n) is 3.64. The van der Waals surface area contributed by atoms with E-state index in [-0.39, 0.29) is 17.8 Å². The number of likely N-dealkylation sites (N-methyl/N-ethyl adjacent to an activating group) is 1. The molecule has 2 rings (SSSR count). The highest BCUT2D eigenvalue weighted by molar-refractivity contribution is 5.80. The molecule has 0 radical (unpaired) electrons. The molecule has 1 saturated heterocycles. The molecule has 1 amide bonds. The van der Waals surface area contributed by atoms with Gasteiger partial charge < -0.3 is 4.90 Å². The molecule has 6 heteroatoms. The molecule has 0 spiro atoms. The van der Waals surface area contributed by atoms with E-state index in [0.29, 0.717) is 6.54 Å². The number of non-ortho nitro benzene ring substituents is 1. The van der Waals surface area contributed by atoms with E-state index in [0.717, 1.165) is 5.56 Å². The van der Waals surface area contributed by atoms with E-state index in [1.165, 1.54) is 12.1 Å². The zero-order chi connectivity index (χ0) is 11.7. The van der Waals surface area contributed by atoms with Crippen molar-refractivity contribution in [3.8, 4) is 0 Å². The number of hydrogen-bond acceptors (Lipinski definition) is 4. The molecular formula is C10H11N3O3. The summed E-state index contributed by atoms with van der Waals surface area (Å²) in [6.45, 7) is 0.304. The van der Waals surface area contributed by atoms with Crippen molar-refractivity contribution < 1.29 is 9.72 Å². The summed E-state index contributed by atoms with van der Waals surface area (Å²) < 4.78 is 0. The van der Waals surface area contributed by atoms with Crippen molar-refractivity contribution in [2.24, 2.45) is 0 Å². The van der Waals surface area contributed by atoms with Gasteiger partial charge >= 0.3 is 0 Å². The van der Waals surface area contributed by atoms with Gasteiger partial charge in [-0.15, -0.1) is 0 Å². The molecule has 1 heterocycles. The third-order valence-corrected chi connectivity index (χ3v) is 2.65. The molecule has 1 fully saturated rings. The van der Waals surface area contributed by atoms with E-state index in [1.54, 1.807) is 24.1 Å². The molecule has 6 nitrogen and oxygen atoms in total. The molecule has 1 aromatic carbocycles. The fourth-order valence-electron chi connectivity index (χ4n) is 1.71. The molecule has 0 aromatic heterocycles. The molecule has 84 valence electrons. The van der Waals surface area contributed by atoms with Gasteiger partial charge in [-0.1, -0.05) is 0 Å². The summed E-state index contributed by atoms with van der Waals surface area (Å²) in [6.07, 6.45) is -0.187. The summed E-state index contributed by atoms with van der Waals surface area (Å²) in [6, 6.07) is 6.19. The van der Waals surface area contributed by atoms with Gasteiger partial charge in [-0.25, -0.2) is 0 Å². The Morgan fingerprint density at radius 3 is 2.50 bits per heavy atom. The standard InChI is InChI=1S/C10H11N3O3/c1-12-9(14)6-11-10(12)7-2-4-8(5-3-7)13(15)16/h2-5,10-11H,6H2,1H3. The first-order valence-corrected chi connectivity index (χ1v) is 4.83. The van der Waals surface area contributed by atoms with E-state index >= 15 is 0 Å². The third kappa shape index (κ3) is 1.74. The average molecular weight is 221 g/mol. The van der Waals surface area contributed by atoms with Crippen LogP contribution in [0.2, 0.25) is 0 Å². The van der Waals surface area contributed by atoms with Crippen molar-refractivity contribution in [2.45, 2.75) is 6.17 Å². The van der Waals surface area contributed by atoms with Crippen LogP contribution in [0.25, 0.3) is 0 Å². The number of hydrogen-bond donors (Lipinski definition) is 1. The van der Waals surface area contributed by atoms with Gasteiger partial charge in [0.25, 0.3) is 5.69 Å². The minimum atomic E-state index is -0.444. The minimum Gasteiger partial charge on any atom is -0.325 e. The van der Waals surface area contributed by atoms with Crippen LogP contribution in [0.3, 0.4) is 0 Å². The van der Waals surface area contributed by atoms with Crippen molar-refractivity contribution in [1.29, 1.82) is 0 Å². The van der Waals surface area contributed by atoms with Crippen LogP contribution in [0.15, 0.2) is 24.3 Å². The monoisotopic (exact) mass is 221 g/mol. The lowest BCUT2D eigenvalue weighted by atomic mass is 10.1. The molecule has 0 saturated carbocycles. The predicted molar refractivity (Wildman–Crippen MR) is 56.6 cm³/mol. The average Bonchev–Trinajstić information content (AvgIpc) is 2.60. The van der Waals surface area contributed by atoms with Gasteiger partial charge in [0.1, 0.15) is 6.17 Å². The largest absolute Gasteiger partial charge is 0.325 e. The number of nitrogens with zero attached hydrogens (tertiary/aromatic N) is 2. The number of nitro groups is 1. The number of carbonyl (C=O) groups is 1. The number of carbonyl (C=O) groups excluding carboxylic acids is 1. The maximum atomic E-state index is 11.3. The number of amides is 1. The Balaban J connectivity index is 2.22. The van der Waals surface area contributed by atoms with Crippen molar-refractivity contribution in [2.75, 3.05) is 13.6 Å². The Morgan fingerprint density at radius 2 is 2.06 bits per heavy atom. The lowest BCUT2D eigenvalue weighted by molar-refractivity contribution is -0.384. The fourth-order valence-corrected chi connectivity index (χ4v) is 1.71. The van der Waals surface area contributed by atoms with Gasteiger partial charge in [0.05, 0.1) is 11.5 Å². The Hall–Kier alpha value is -1.95. The zero-order valence-corrected chi connectivity index (χ0v) is 8.71.